The number of hydrogen-bond acceptors (Lipinski definition) is 9. The third kappa shape index (κ3) is 2.17. The first-order valence-electron chi connectivity index (χ1n) is 6.39. The van der Waals surface area contributed by atoms with Gasteiger partial charge in [-0.3, -0.25) is 4.57 Å². The highest BCUT2D eigenvalue weighted by Gasteiger charge is 2.44. The number of nitrogens with two attached hydrogens (primary N) is 1. The fourth-order valence-electron chi connectivity index (χ4n) is 2.49. The first-order chi connectivity index (χ1) is 10.1. The van der Waals surface area contributed by atoms with E-state index in [1.807, 2.05) is 0 Å². The molecule has 1 fully saturated rings. The van der Waals surface area contributed by atoms with E-state index in [1.165, 1.54) is 18.0 Å². The molecule has 3 heterocycles. The second-order valence-electron chi connectivity index (χ2n) is 4.84. The number of imidazole rings is 1. The minimum absolute atomic E-state index is 0.142. The normalized spacial score (nSPS) is 35.2. The Hall–Kier alpha value is -1.72. The smallest absolute Gasteiger partial charge is 0.198 e. The Morgan fingerprint density at radius 2 is 2.24 bits per heavy atom. The lowest BCUT2D eigenvalue weighted by molar-refractivity contribution is -0.0519. The molecule has 5 atom stereocenters. The zero-order valence-corrected chi connectivity index (χ0v) is 11.2. The van der Waals surface area contributed by atoms with Crippen LogP contribution in [0.15, 0.2) is 11.3 Å². The number of anilines is 1. The standard InChI is InChI=1S/C11H17N5O5/c1-20-9-5-8(14-11(12)15-9)16(3-13-5)10-7(19)6(18)4(2-17)21-10/h3-4,6-7,9-10,17-19H,2H2,1H3,(H3,12,14,15)/t4-,6-,7-,9?,10-/m1/s1. The van der Waals surface area contributed by atoms with Crippen LogP contribution in [-0.2, 0) is 9.47 Å². The summed E-state index contributed by atoms with van der Waals surface area (Å²) in [7, 11) is 1.47. The van der Waals surface area contributed by atoms with Crippen LogP contribution in [0.25, 0.3) is 0 Å². The van der Waals surface area contributed by atoms with Gasteiger partial charge >= 0.3 is 0 Å². The fourth-order valence-corrected chi connectivity index (χ4v) is 2.49. The number of aliphatic hydroxyl groups is 3. The number of aromatic nitrogens is 2. The second kappa shape index (κ2) is 5.24. The molecule has 10 heteroatoms. The van der Waals surface area contributed by atoms with Crippen molar-refractivity contribution >= 4 is 11.8 Å². The van der Waals surface area contributed by atoms with E-state index in [0.717, 1.165) is 0 Å². The van der Waals surface area contributed by atoms with E-state index in [2.05, 4.69) is 15.3 Å². The van der Waals surface area contributed by atoms with Crippen LogP contribution in [0.1, 0.15) is 18.1 Å². The van der Waals surface area contributed by atoms with E-state index in [1.54, 1.807) is 0 Å². The lowest BCUT2D eigenvalue weighted by Gasteiger charge is -2.23. The lowest BCUT2D eigenvalue weighted by Crippen LogP contribution is -2.34. The summed E-state index contributed by atoms with van der Waals surface area (Å²) < 4.78 is 12.1. The molecule has 2 aliphatic heterocycles. The predicted molar refractivity (Wildman–Crippen MR) is 70.2 cm³/mol. The molecule has 6 N–H and O–H groups in total. The molecular weight excluding hydrogens is 282 g/mol. The predicted octanol–water partition coefficient (Wildman–Crippen LogP) is -2.12. The highest BCUT2D eigenvalue weighted by molar-refractivity contribution is 5.93. The Kier molecular flexibility index (Phi) is 3.55. The number of aliphatic imine (C=N–C) groups is 1. The number of nitrogens with zero attached hydrogens (tertiary/aromatic N) is 3. The van der Waals surface area contributed by atoms with E-state index >= 15 is 0 Å². The molecule has 1 aromatic rings. The Balaban J connectivity index is 1.94. The van der Waals surface area contributed by atoms with E-state index in [-0.39, 0.29) is 5.96 Å². The molecule has 0 aromatic carbocycles. The number of ether oxygens (including phenoxy) is 2. The van der Waals surface area contributed by atoms with Crippen molar-refractivity contribution in [2.75, 3.05) is 19.0 Å². The molecule has 3 rings (SSSR count). The van der Waals surface area contributed by atoms with Gasteiger partial charge < -0.3 is 35.8 Å². The lowest BCUT2D eigenvalue weighted by atomic mass is 10.1. The van der Waals surface area contributed by atoms with Crippen LogP contribution in [0.4, 0.5) is 5.82 Å². The molecule has 0 bridgehead atoms. The number of guanidine groups is 1. The molecule has 1 saturated heterocycles. The zero-order valence-electron chi connectivity index (χ0n) is 11.2. The summed E-state index contributed by atoms with van der Waals surface area (Å²) in [5, 5.41) is 31.9. The van der Waals surface area contributed by atoms with Gasteiger partial charge in [0.15, 0.2) is 18.4 Å². The van der Waals surface area contributed by atoms with Crippen molar-refractivity contribution in [3.63, 3.8) is 0 Å². The largest absolute Gasteiger partial charge is 0.394 e. The molecule has 1 aromatic heterocycles. The monoisotopic (exact) mass is 299 g/mol. The van der Waals surface area contributed by atoms with E-state index in [9.17, 15) is 10.2 Å². The highest BCUT2D eigenvalue weighted by atomic mass is 16.6. The Labute approximate surface area is 119 Å². The summed E-state index contributed by atoms with van der Waals surface area (Å²) in [6.07, 6.45) is -3.38. The number of nitrogens with one attached hydrogen (secondary N) is 1. The fraction of sp³-hybridized carbons (Fsp3) is 0.636. The Morgan fingerprint density at radius 1 is 1.48 bits per heavy atom. The van der Waals surface area contributed by atoms with Crippen molar-refractivity contribution in [3.05, 3.63) is 12.0 Å². The van der Waals surface area contributed by atoms with Gasteiger partial charge in [0.2, 0.25) is 0 Å². The molecule has 21 heavy (non-hydrogen) atoms. The van der Waals surface area contributed by atoms with Crippen molar-refractivity contribution in [2.45, 2.75) is 30.8 Å². The third-order valence-corrected chi connectivity index (χ3v) is 3.57. The summed E-state index contributed by atoms with van der Waals surface area (Å²) in [6, 6.07) is 0. The van der Waals surface area contributed by atoms with E-state index < -0.39 is 37.4 Å². The van der Waals surface area contributed by atoms with Crippen molar-refractivity contribution in [3.8, 4) is 0 Å². The maximum absolute atomic E-state index is 10.1. The summed E-state index contributed by atoms with van der Waals surface area (Å²) in [5.41, 5.74) is 6.17. The number of methoxy groups -OCH3 is 1. The van der Waals surface area contributed by atoms with Crippen LogP contribution >= 0.6 is 0 Å². The summed E-state index contributed by atoms with van der Waals surface area (Å²) in [4.78, 5) is 8.22. The van der Waals surface area contributed by atoms with Crippen molar-refractivity contribution < 1.29 is 24.8 Å². The van der Waals surface area contributed by atoms with Gasteiger partial charge in [-0.25, -0.2) is 9.98 Å². The minimum Gasteiger partial charge on any atom is -0.394 e. The number of aliphatic hydroxyl groups excluding tert-OH is 3. The molecule has 10 nitrogen and oxygen atoms in total. The summed E-state index contributed by atoms with van der Waals surface area (Å²) >= 11 is 0. The molecule has 0 radical (unpaired) electrons. The van der Waals surface area contributed by atoms with Gasteiger partial charge in [-0.2, -0.15) is 0 Å². The average Bonchev–Trinajstić information content (AvgIpc) is 3.01. The van der Waals surface area contributed by atoms with Gasteiger partial charge in [0.25, 0.3) is 0 Å². The third-order valence-electron chi connectivity index (χ3n) is 3.57. The summed E-state index contributed by atoms with van der Waals surface area (Å²) in [5.74, 6) is 0.604. The van der Waals surface area contributed by atoms with Crippen molar-refractivity contribution in [1.29, 1.82) is 0 Å². The molecular formula is C11H17N5O5. The first kappa shape index (κ1) is 14.2. The molecule has 2 aliphatic rings. The maximum Gasteiger partial charge on any atom is 0.198 e. The number of rotatable bonds is 3. The van der Waals surface area contributed by atoms with Crippen LogP contribution in [0.2, 0.25) is 0 Å². The van der Waals surface area contributed by atoms with Crippen LogP contribution in [-0.4, -0.2) is 62.9 Å². The maximum atomic E-state index is 10.1. The topological polar surface area (TPSA) is 147 Å². The van der Waals surface area contributed by atoms with Gasteiger partial charge in [-0.15, -0.1) is 0 Å². The van der Waals surface area contributed by atoms with E-state index in [0.29, 0.717) is 11.5 Å². The van der Waals surface area contributed by atoms with Gasteiger partial charge in [-0.05, 0) is 0 Å². The highest BCUT2D eigenvalue weighted by Crippen LogP contribution is 2.36. The van der Waals surface area contributed by atoms with Gasteiger partial charge in [-0.1, -0.05) is 0 Å². The zero-order chi connectivity index (χ0) is 15.1. The molecule has 0 spiro atoms. The van der Waals surface area contributed by atoms with Crippen LogP contribution in [0, 0.1) is 0 Å². The Morgan fingerprint density at radius 3 is 2.86 bits per heavy atom. The second-order valence-corrected chi connectivity index (χ2v) is 4.84. The van der Waals surface area contributed by atoms with Crippen LogP contribution in [0.3, 0.4) is 0 Å². The molecule has 0 saturated carbocycles. The van der Waals surface area contributed by atoms with Crippen molar-refractivity contribution in [1.82, 2.24) is 9.55 Å². The minimum atomic E-state index is -1.21. The first-order valence-corrected chi connectivity index (χ1v) is 6.39. The quantitative estimate of drug-likeness (QED) is 0.425. The van der Waals surface area contributed by atoms with Crippen LogP contribution < -0.4 is 11.1 Å². The molecule has 1 unspecified atom stereocenters. The Bertz CT molecular complexity index is 561. The molecule has 0 amide bonds. The number of fused-ring (bicyclic) bond motifs is 1. The van der Waals surface area contributed by atoms with Crippen molar-refractivity contribution in [2.24, 2.45) is 10.7 Å². The van der Waals surface area contributed by atoms with E-state index in [4.69, 9.17) is 20.3 Å². The van der Waals surface area contributed by atoms with Crippen LogP contribution in [0.5, 0.6) is 0 Å². The van der Waals surface area contributed by atoms with Gasteiger partial charge in [0.05, 0.1) is 12.9 Å². The summed E-state index contributed by atoms with van der Waals surface area (Å²) in [6.45, 7) is -0.399. The molecule has 0 aliphatic carbocycles. The molecule has 116 valence electrons. The SMILES string of the molecule is COC1N=C(N)Nc2c1ncn2[C@@H]1O[C@H](CO)[C@@H](O)[C@H]1O. The number of hydrogen-bond donors (Lipinski definition) is 5. The average molecular weight is 299 g/mol. The van der Waals surface area contributed by atoms with Gasteiger partial charge in [0.1, 0.15) is 29.8 Å². The van der Waals surface area contributed by atoms with Gasteiger partial charge in [0, 0.05) is 7.11 Å².